The molecule has 2 saturated heterocycles. The molecule has 2 aliphatic heterocycles. The first kappa shape index (κ1) is 20.8. The lowest BCUT2D eigenvalue weighted by molar-refractivity contribution is -0.0174. The van der Waals surface area contributed by atoms with Crippen molar-refractivity contribution in [1.29, 1.82) is 0 Å². The van der Waals surface area contributed by atoms with Crippen LogP contribution in [-0.2, 0) is 4.74 Å². The van der Waals surface area contributed by atoms with E-state index in [9.17, 15) is 8.78 Å². The maximum Gasteiger partial charge on any atom is 0.191 e. The van der Waals surface area contributed by atoms with Gasteiger partial charge >= 0.3 is 0 Å². The second kappa shape index (κ2) is 9.52. The van der Waals surface area contributed by atoms with Crippen molar-refractivity contribution in [2.24, 2.45) is 4.99 Å². The highest BCUT2D eigenvalue weighted by Crippen LogP contribution is 2.24. The van der Waals surface area contributed by atoms with Crippen LogP contribution in [-0.4, -0.2) is 75.4 Å². The number of halogens is 2. The van der Waals surface area contributed by atoms with Crippen LogP contribution in [0, 0.1) is 11.6 Å². The zero-order chi connectivity index (χ0) is 20.1. The minimum atomic E-state index is -0.552. The van der Waals surface area contributed by atoms with Gasteiger partial charge in [0, 0.05) is 57.4 Å². The molecule has 6 nitrogen and oxygen atoms in total. The van der Waals surface area contributed by atoms with Gasteiger partial charge < -0.3 is 20.3 Å². The van der Waals surface area contributed by atoms with Gasteiger partial charge in [-0.05, 0) is 32.4 Å². The first-order valence-electron chi connectivity index (χ1n) is 9.98. The monoisotopic (exact) mass is 395 g/mol. The summed E-state index contributed by atoms with van der Waals surface area (Å²) in [5.41, 5.74) is 0.448. The summed E-state index contributed by atoms with van der Waals surface area (Å²) >= 11 is 0. The molecule has 28 heavy (non-hydrogen) atoms. The van der Waals surface area contributed by atoms with Crippen molar-refractivity contribution in [3.8, 4) is 0 Å². The van der Waals surface area contributed by atoms with Gasteiger partial charge in [-0.25, -0.2) is 8.78 Å². The molecule has 2 fully saturated rings. The number of rotatable bonds is 5. The second-order valence-electron chi connectivity index (χ2n) is 7.64. The summed E-state index contributed by atoms with van der Waals surface area (Å²) in [5, 5.41) is 6.82. The number of nitrogens with one attached hydrogen (secondary N) is 2. The average molecular weight is 395 g/mol. The molecule has 0 aliphatic carbocycles. The number of anilines is 1. The van der Waals surface area contributed by atoms with Gasteiger partial charge in [-0.15, -0.1) is 0 Å². The molecule has 0 spiro atoms. The lowest BCUT2D eigenvalue weighted by Gasteiger charge is -2.38. The van der Waals surface area contributed by atoms with Gasteiger partial charge in [-0.2, -0.15) is 0 Å². The van der Waals surface area contributed by atoms with Crippen molar-refractivity contribution in [3.05, 3.63) is 29.8 Å². The van der Waals surface area contributed by atoms with Crippen LogP contribution in [0.4, 0.5) is 14.5 Å². The smallest absolute Gasteiger partial charge is 0.191 e. The summed E-state index contributed by atoms with van der Waals surface area (Å²) in [5.74, 6) is -0.320. The number of benzene rings is 1. The highest BCUT2D eigenvalue weighted by molar-refractivity contribution is 5.80. The molecule has 1 aromatic rings. The Morgan fingerprint density at radius 1 is 1.36 bits per heavy atom. The zero-order valence-electron chi connectivity index (χ0n) is 16.9. The maximum absolute atomic E-state index is 14.0. The van der Waals surface area contributed by atoms with Gasteiger partial charge in [-0.1, -0.05) is 0 Å². The van der Waals surface area contributed by atoms with Crippen LogP contribution >= 0.6 is 0 Å². The highest BCUT2D eigenvalue weighted by Gasteiger charge is 2.26. The van der Waals surface area contributed by atoms with Crippen LogP contribution in [0.3, 0.4) is 0 Å². The van der Waals surface area contributed by atoms with Crippen molar-refractivity contribution >= 4 is 11.6 Å². The third-order valence-corrected chi connectivity index (χ3v) is 5.55. The van der Waals surface area contributed by atoms with Crippen LogP contribution in [0.15, 0.2) is 23.2 Å². The van der Waals surface area contributed by atoms with Crippen molar-refractivity contribution in [3.63, 3.8) is 0 Å². The normalized spacial score (nSPS) is 25.0. The lowest BCUT2D eigenvalue weighted by atomic mass is 10.2. The quantitative estimate of drug-likeness (QED) is 0.588. The van der Waals surface area contributed by atoms with Crippen LogP contribution in [0.25, 0.3) is 0 Å². The number of aliphatic imine (C=N–C) groups is 1. The van der Waals surface area contributed by atoms with Gasteiger partial charge in [0.15, 0.2) is 5.96 Å². The Kier molecular flexibility index (Phi) is 7.07. The number of guanidine groups is 1. The third kappa shape index (κ3) is 5.11. The van der Waals surface area contributed by atoms with Gasteiger partial charge in [0.05, 0.1) is 18.9 Å². The fourth-order valence-corrected chi connectivity index (χ4v) is 3.98. The highest BCUT2D eigenvalue weighted by atomic mass is 19.1. The molecule has 0 amide bonds. The Balaban J connectivity index is 1.48. The Hall–Kier alpha value is -1.93. The van der Waals surface area contributed by atoms with Gasteiger partial charge in [0.2, 0.25) is 0 Å². The van der Waals surface area contributed by atoms with Gasteiger partial charge in [0.25, 0.3) is 0 Å². The topological polar surface area (TPSA) is 52.1 Å². The largest absolute Gasteiger partial charge is 0.379 e. The van der Waals surface area contributed by atoms with E-state index >= 15 is 0 Å². The van der Waals surface area contributed by atoms with E-state index < -0.39 is 11.6 Å². The van der Waals surface area contributed by atoms with E-state index in [1.165, 1.54) is 12.1 Å². The standard InChI is InChI=1S/C20H31F2N5O/c1-14(27-8-9-28-13-15(27)2)11-24-20(23-3)25-17-6-7-26(12-17)19-5-4-16(21)10-18(19)22/h4-5,10,14-15,17H,6-9,11-13H2,1-3H3,(H2,23,24,25). The third-order valence-electron chi connectivity index (χ3n) is 5.55. The minimum absolute atomic E-state index is 0.160. The molecule has 0 aromatic heterocycles. The van der Waals surface area contributed by atoms with Crippen molar-refractivity contribution < 1.29 is 13.5 Å². The molecule has 0 saturated carbocycles. The number of hydrogen-bond donors (Lipinski definition) is 2. The molecule has 3 unspecified atom stereocenters. The van der Waals surface area contributed by atoms with E-state index in [0.29, 0.717) is 24.3 Å². The van der Waals surface area contributed by atoms with Crippen LogP contribution in [0.2, 0.25) is 0 Å². The number of nitrogens with zero attached hydrogens (tertiary/aromatic N) is 3. The fraction of sp³-hybridized carbons (Fsp3) is 0.650. The second-order valence-corrected chi connectivity index (χ2v) is 7.64. The predicted octanol–water partition coefficient (Wildman–Crippen LogP) is 1.82. The molecular formula is C20H31F2N5O. The molecule has 0 bridgehead atoms. The first-order chi connectivity index (χ1) is 13.5. The van der Waals surface area contributed by atoms with E-state index in [4.69, 9.17) is 4.74 Å². The summed E-state index contributed by atoms with van der Waals surface area (Å²) in [6, 6.07) is 4.68. The van der Waals surface area contributed by atoms with E-state index in [2.05, 4.69) is 34.4 Å². The summed E-state index contributed by atoms with van der Waals surface area (Å²) in [6.07, 6.45) is 0.869. The number of morpholine rings is 1. The molecule has 0 radical (unpaired) electrons. The summed E-state index contributed by atoms with van der Waals surface area (Å²) in [7, 11) is 1.75. The first-order valence-corrected chi connectivity index (χ1v) is 9.98. The number of hydrogen-bond acceptors (Lipinski definition) is 4. The summed E-state index contributed by atoms with van der Waals surface area (Å²) in [6.45, 7) is 9.04. The Labute approximate surface area is 165 Å². The molecule has 3 rings (SSSR count). The molecular weight excluding hydrogens is 364 g/mol. The van der Waals surface area contributed by atoms with Crippen molar-refractivity contribution in [2.45, 2.75) is 38.4 Å². The van der Waals surface area contributed by atoms with Crippen LogP contribution < -0.4 is 15.5 Å². The van der Waals surface area contributed by atoms with Crippen LogP contribution in [0.5, 0.6) is 0 Å². The van der Waals surface area contributed by atoms with Gasteiger partial charge in [0.1, 0.15) is 11.6 Å². The van der Waals surface area contributed by atoms with E-state index in [1.807, 2.05) is 4.90 Å². The maximum atomic E-state index is 14.0. The molecule has 8 heteroatoms. The van der Waals surface area contributed by atoms with Crippen LogP contribution in [0.1, 0.15) is 20.3 Å². The Morgan fingerprint density at radius 2 is 2.18 bits per heavy atom. The summed E-state index contributed by atoms with van der Waals surface area (Å²) in [4.78, 5) is 8.71. The molecule has 1 aromatic carbocycles. The molecule has 2 aliphatic rings. The SMILES string of the molecule is CN=C(NCC(C)N1CCOCC1C)NC1CCN(c2ccc(F)cc2F)C1. The van der Waals surface area contributed by atoms with Gasteiger partial charge in [-0.3, -0.25) is 9.89 Å². The predicted molar refractivity (Wildman–Crippen MR) is 108 cm³/mol. The van der Waals surface area contributed by atoms with Crippen molar-refractivity contribution in [2.75, 3.05) is 51.3 Å². The minimum Gasteiger partial charge on any atom is -0.379 e. The molecule has 2 N–H and O–H groups in total. The zero-order valence-corrected chi connectivity index (χ0v) is 16.9. The number of ether oxygens (including phenoxy) is 1. The molecule has 156 valence electrons. The fourth-order valence-electron chi connectivity index (χ4n) is 3.98. The molecule has 3 atom stereocenters. The Bertz CT molecular complexity index is 687. The van der Waals surface area contributed by atoms with E-state index in [1.54, 1.807) is 7.05 Å². The van der Waals surface area contributed by atoms with E-state index in [0.717, 1.165) is 51.3 Å². The van der Waals surface area contributed by atoms with Crippen molar-refractivity contribution in [1.82, 2.24) is 15.5 Å². The molecule has 2 heterocycles. The lowest BCUT2D eigenvalue weighted by Crippen LogP contribution is -2.53. The van der Waals surface area contributed by atoms with E-state index in [-0.39, 0.29) is 6.04 Å². The average Bonchev–Trinajstić information content (AvgIpc) is 3.13. The Morgan fingerprint density at radius 3 is 2.89 bits per heavy atom. The summed E-state index contributed by atoms with van der Waals surface area (Å²) < 4.78 is 32.7.